The van der Waals surface area contributed by atoms with Crippen LogP contribution in [0.1, 0.15) is 12.0 Å². The number of fused-ring (bicyclic) bond motifs is 1. The quantitative estimate of drug-likeness (QED) is 0.501. The van der Waals surface area contributed by atoms with Crippen molar-refractivity contribution in [1.29, 1.82) is 0 Å². The summed E-state index contributed by atoms with van der Waals surface area (Å²) in [6.45, 7) is 1.47. The van der Waals surface area contributed by atoms with E-state index in [4.69, 9.17) is 0 Å². The Labute approximate surface area is 192 Å². The standard InChI is InChI=1S/C26H25N5O2/c32-25(10-14-31-23-7-2-1-5-22(23)18-29-31)30-15-13-28-26(33)24(30)17-19-4-3-6-21(16-19)20-8-11-27-12-9-20/h1-9,11-12,16,18,24H,10,13-15,17H2,(H,28,33). The van der Waals surface area contributed by atoms with Crippen LogP contribution in [0.25, 0.3) is 22.0 Å². The first-order valence-corrected chi connectivity index (χ1v) is 11.2. The topological polar surface area (TPSA) is 80.1 Å². The third-order valence-electron chi connectivity index (χ3n) is 6.11. The van der Waals surface area contributed by atoms with Gasteiger partial charge in [-0.15, -0.1) is 0 Å². The number of hydrogen-bond donors (Lipinski definition) is 1. The number of piperazine rings is 1. The zero-order valence-electron chi connectivity index (χ0n) is 18.2. The minimum absolute atomic E-state index is 0.0280. The Balaban J connectivity index is 1.31. The largest absolute Gasteiger partial charge is 0.353 e. The lowest BCUT2D eigenvalue weighted by Crippen LogP contribution is -2.58. The van der Waals surface area contributed by atoms with Gasteiger partial charge in [-0.1, -0.05) is 42.5 Å². The Morgan fingerprint density at radius 1 is 1.03 bits per heavy atom. The molecule has 7 heteroatoms. The molecule has 3 heterocycles. The number of aromatic nitrogens is 3. The molecule has 2 aromatic heterocycles. The van der Waals surface area contributed by atoms with Crippen molar-refractivity contribution in [2.24, 2.45) is 0 Å². The summed E-state index contributed by atoms with van der Waals surface area (Å²) in [5, 5.41) is 8.38. The number of para-hydroxylation sites is 1. The Bertz CT molecular complexity index is 1280. The van der Waals surface area contributed by atoms with Gasteiger partial charge in [0.05, 0.1) is 18.3 Å². The fourth-order valence-corrected chi connectivity index (χ4v) is 4.41. The van der Waals surface area contributed by atoms with Crippen LogP contribution >= 0.6 is 0 Å². The van der Waals surface area contributed by atoms with Gasteiger partial charge in [0.2, 0.25) is 11.8 Å². The molecule has 1 atom stereocenters. The first-order chi connectivity index (χ1) is 16.2. The first kappa shape index (κ1) is 20.9. The van der Waals surface area contributed by atoms with E-state index in [1.165, 1.54) is 0 Å². The highest BCUT2D eigenvalue weighted by Gasteiger charge is 2.32. The number of benzene rings is 2. The highest BCUT2D eigenvalue weighted by atomic mass is 16.2. The molecule has 0 spiro atoms. The van der Waals surface area contributed by atoms with Crippen LogP contribution in [0.4, 0.5) is 0 Å². The lowest BCUT2D eigenvalue weighted by molar-refractivity contribution is -0.143. The van der Waals surface area contributed by atoms with Crippen LogP contribution in [0.3, 0.4) is 0 Å². The van der Waals surface area contributed by atoms with Crippen LogP contribution < -0.4 is 5.32 Å². The maximum absolute atomic E-state index is 13.2. The van der Waals surface area contributed by atoms with Crippen molar-refractivity contribution in [2.45, 2.75) is 25.4 Å². The molecular weight excluding hydrogens is 414 g/mol. The summed E-state index contributed by atoms with van der Waals surface area (Å²) >= 11 is 0. The van der Waals surface area contributed by atoms with Gasteiger partial charge >= 0.3 is 0 Å². The van der Waals surface area contributed by atoms with Crippen molar-refractivity contribution in [2.75, 3.05) is 13.1 Å². The van der Waals surface area contributed by atoms with E-state index in [0.717, 1.165) is 27.6 Å². The molecule has 1 aliphatic heterocycles. The number of nitrogens with one attached hydrogen (secondary N) is 1. The Morgan fingerprint density at radius 3 is 2.76 bits per heavy atom. The summed E-state index contributed by atoms with van der Waals surface area (Å²) in [4.78, 5) is 31.7. The minimum Gasteiger partial charge on any atom is -0.353 e. The van der Waals surface area contributed by atoms with E-state index in [2.05, 4.69) is 21.5 Å². The molecule has 33 heavy (non-hydrogen) atoms. The fraction of sp³-hybridized carbons (Fsp3) is 0.231. The average molecular weight is 440 g/mol. The van der Waals surface area contributed by atoms with Crippen LogP contribution in [-0.4, -0.2) is 50.6 Å². The van der Waals surface area contributed by atoms with E-state index in [9.17, 15) is 9.59 Å². The lowest BCUT2D eigenvalue weighted by Gasteiger charge is -2.35. The number of aryl methyl sites for hydroxylation is 1. The fourth-order valence-electron chi connectivity index (χ4n) is 4.41. The second-order valence-corrected chi connectivity index (χ2v) is 8.21. The van der Waals surface area contributed by atoms with Crippen LogP contribution in [0.5, 0.6) is 0 Å². The average Bonchev–Trinajstić information content (AvgIpc) is 3.28. The van der Waals surface area contributed by atoms with Gasteiger partial charge in [0.15, 0.2) is 0 Å². The smallest absolute Gasteiger partial charge is 0.243 e. The normalized spacial score (nSPS) is 16.1. The Hall–Kier alpha value is -4.00. The molecule has 4 aromatic rings. The van der Waals surface area contributed by atoms with E-state index in [1.807, 2.05) is 65.5 Å². The number of carbonyl (C=O) groups excluding carboxylic acids is 2. The van der Waals surface area contributed by atoms with E-state index < -0.39 is 6.04 Å². The Morgan fingerprint density at radius 2 is 1.88 bits per heavy atom. The summed E-state index contributed by atoms with van der Waals surface area (Å²) in [6.07, 6.45) is 6.11. The molecule has 1 unspecified atom stereocenters. The molecule has 2 amide bonds. The molecule has 0 saturated carbocycles. The molecule has 5 rings (SSSR count). The number of nitrogens with zero attached hydrogens (tertiary/aromatic N) is 4. The van der Waals surface area contributed by atoms with Crippen LogP contribution in [-0.2, 0) is 22.6 Å². The zero-order valence-corrected chi connectivity index (χ0v) is 18.2. The molecular formula is C26H25N5O2. The monoisotopic (exact) mass is 439 g/mol. The number of pyridine rings is 1. The van der Waals surface area contributed by atoms with Gasteiger partial charge < -0.3 is 10.2 Å². The summed E-state index contributed by atoms with van der Waals surface area (Å²) in [5.74, 6) is -0.131. The summed E-state index contributed by atoms with van der Waals surface area (Å²) in [5.41, 5.74) is 4.15. The van der Waals surface area contributed by atoms with Crippen molar-refractivity contribution >= 4 is 22.7 Å². The predicted octanol–water partition coefficient (Wildman–Crippen LogP) is 3.06. The van der Waals surface area contributed by atoms with Gasteiger partial charge in [0, 0.05) is 43.7 Å². The highest BCUT2D eigenvalue weighted by molar-refractivity contribution is 5.89. The van der Waals surface area contributed by atoms with Gasteiger partial charge in [-0.05, 0) is 34.9 Å². The molecule has 0 radical (unpaired) electrons. The molecule has 166 valence electrons. The van der Waals surface area contributed by atoms with E-state index >= 15 is 0 Å². The molecule has 2 aromatic carbocycles. The molecule has 0 bridgehead atoms. The maximum Gasteiger partial charge on any atom is 0.243 e. The second-order valence-electron chi connectivity index (χ2n) is 8.21. The molecule has 1 fully saturated rings. The van der Waals surface area contributed by atoms with Crippen molar-refractivity contribution in [3.05, 3.63) is 84.8 Å². The van der Waals surface area contributed by atoms with Gasteiger partial charge in [-0.2, -0.15) is 5.10 Å². The maximum atomic E-state index is 13.2. The minimum atomic E-state index is -0.520. The summed E-state index contributed by atoms with van der Waals surface area (Å²) in [7, 11) is 0. The third kappa shape index (κ3) is 4.48. The van der Waals surface area contributed by atoms with Gasteiger partial charge in [-0.25, -0.2) is 0 Å². The van der Waals surface area contributed by atoms with Gasteiger partial charge in [0.1, 0.15) is 6.04 Å². The van der Waals surface area contributed by atoms with Crippen molar-refractivity contribution in [1.82, 2.24) is 25.0 Å². The van der Waals surface area contributed by atoms with Crippen molar-refractivity contribution in [3.63, 3.8) is 0 Å². The molecule has 1 saturated heterocycles. The number of hydrogen-bond acceptors (Lipinski definition) is 4. The van der Waals surface area contributed by atoms with Gasteiger partial charge in [0.25, 0.3) is 0 Å². The molecule has 0 aliphatic carbocycles. The van der Waals surface area contributed by atoms with E-state index in [0.29, 0.717) is 32.5 Å². The molecule has 1 aliphatic rings. The number of rotatable bonds is 6. The third-order valence-corrected chi connectivity index (χ3v) is 6.11. The highest BCUT2D eigenvalue weighted by Crippen LogP contribution is 2.22. The predicted molar refractivity (Wildman–Crippen MR) is 126 cm³/mol. The van der Waals surface area contributed by atoms with Crippen LogP contribution in [0.2, 0.25) is 0 Å². The summed E-state index contributed by atoms with van der Waals surface area (Å²) in [6, 6.07) is 19.5. The van der Waals surface area contributed by atoms with Crippen LogP contribution in [0.15, 0.2) is 79.3 Å². The number of carbonyl (C=O) groups is 2. The lowest BCUT2D eigenvalue weighted by atomic mass is 9.98. The van der Waals surface area contributed by atoms with E-state index in [1.54, 1.807) is 17.3 Å². The second kappa shape index (κ2) is 9.24. The number of amides is 2. The van der Waals surface area contributed by atoms with Crippen molar-refractivity contribution in [3.8, 4) is 11.1 Å². The first-order valence-electron chi connectivity index (χ1n) is 11.2. The Kier molecular flexibility index (Phi) is 5.85. The van der Waals surface area contributed by atoms with Crippen molar-refractivity contribution < 1.29 is 9.59 Å². The van der Waals surface area contributed by atoms with Gasteiger partial charge in [-0.3, -0.25) is 19.3 Å². The summed E-state index contributed by atoms with van der Waals surface area (Å²) < 4.78 is 1.85. The zero-order chi connectivity index (χ0) is 22.6. The molecule has 1 N–H and O–H groups in total. The molecule has 7 nitrogen and oxygen atoms in total. The van der Waals surface area contributed by atoms with E-state index in [-0.39, 0.29) is 11.8 Å². The van der Waals surface area contributed by atoms with Crippen LogP contribution in [0, 0.1) is 0 Å². The SMILES string of the molecule is O=C1NCCN(C(=O)CCn2ncc3ccccc32)C1Cc1cccc(-c2ccncc2)c1.